The first kappa shape index (κ1) is 13.8. The quantitative estimate of drug-likeness (QED) is 0.920. The van der Waals surface area contributed by atoms with Crippen molar-refractivity contribution in [2.45, 2.75) is 19.4 Å². The van der Waals surface area contributed by atoms with Crippen molar-refractivity contribution in [1.82, 2.24) is 14.9 Å². The second kappa shape index (κ2) is 6.01. The highest BCUT2D eigenvalue weighted by Crippen LogP contribution is 2.21. The average Bonchev–Trinajstić information content (AvgIpc) is 2.91. The first-order valence-electron chi connectivity index (χ1n) is 6.40. The van der Waals surface area contributed by atoms with Crippen molar-refractivity contribution < 1.29 is 0 Å². The van der Waals surface area contributed by atoms with Crippen molar-refractivity contribution in [3.05, 3.63) is 47.5 Å². The van der Waals surface area contributed by atoms with E-state index in [4.69, 9.17) is 5.26 Å². The fourth-order valence-corrected chi connectivity index (χ4v) is 2.23. The monoisotopic (exact) mass is 265 g/mol. The number of aromatic nitrogens is 2. The molecule has 100 valence electrons. The van der Waals surface area contributed by atoms with Gasteiger partial charge in [-0.15, -0.1) is 0 Å². The third-order valence-corrected chi connectivity index (χ3v) is 3.29. The van der Waals surface area contributed by atoms with Crippen LogP contribution in [0.15, 0.2) is 30.6 Å². The Balaban J connectivity index is 2.50. The minimum Gasteiger partial charge on any atom is -0.313 e. The highest BCUT2D eigenvalue weighted by Gasteiger charge is 2.13. The van der Waals surface area contributed by atoms with Crippen molar-refractivity contribution in [2.24, 2.45) is 0 Å². The minimum absolute atomic E-state index is 0.151. The van der Waals surface area contributed by atoms with Gasteiger partial charge in [0.15, 0.2) is 11.4 Å². The van der Waals surface area contributed by atoms with Gasteiger partial charge in [0, 0.05) is 11.7 Å². The zero-order chi connectivity index (χ0) is 14.5. The van der Waals surface area contributed by atoms with Crippen LogP contribution in [0.5, 0.6) is 0 Å². The largest absolute Gasteiger partial charge is 0.313 e. The lowest BCUT2D eigenvalue weighted by Crippen LogP contribution is -2.15. The molecular weight excluding hydrogens is 250 g/mol. The number of nitrogens with one attached hydrogen (secondary N) is 1. The molecule has 1 aromatic heterocycles. The fourth-order valence-electron chi connectivity index (χ4n) is 2.23. The molecule has 1 heterocycles. The molecule has 0 spiro atoms. The van der Waals surface area contributed by atoms with Crippen LogP contribution in [-0.2, 0) is 0 Å². The first-order valence-corrected chi connectivity index (χ1v) is 6.40. The molecule has 1 aromatic carbocycles. The molecule has 1 atom stereocenters. The molecule has 5 nitrogen and oxygen atoms in total. The predicted octanol–water partition coefficient (Wildman–Crippen LogP) is 2.29. The summed E-state index contributed by atoms with van der Waals surface area (Å²) in [4.78, 5) is 3.96. The number of nitrogens with zero attached hydrogens (tertiary/aromatic N) is 4. The maximum absolute atomic E-state index is 9.18. The molecule has 1 unspecified atom stereocenters. The number of hydrogen-bond donors (Lipinski definition) is 1. The number of rotatable bonds is 4. The molecule has 0 aliphatic carbocycles. The molecule has 0 saturated carbocycles. The summed E-state index contributed by atoms with van der Waals surface area (Å²) in [5.41, 5.74) is 2.39. The van der Waals surface area contributed by atoms with E-state index in [0.717, 1.165) is 17.7 Å². The molecule has 0 aliphatic rings. The van der Waals surface area contributed by atoms with Gasteiger partial charge in [0.1, 0.15) is 18.5 Å². The van der Waals surface area contributed by atoms with Gasteiger partial charge < -0.3 is 5.32 Å². The molecule has 0 fully saturated rings. The molecule has 0 saturated heterocycles. The van der Waals surface area contributed by atoms with E-state index in [1.54, 1.807) is 4.57 Å². The lowest BCUT2D eigenvalue weighted by atomic mass is 10.0. The Hall–Kier alpha value is -2.63. The zero-order valence-corrected chi connectivity index (χ0v) is 11.5. The highest BCUT2D eigenvalue weighted by atomic mass is 15.1. The van der Waals surface area contributed by atoms with Crippen molar-refractivity contribution in [3.8, 4) is 17.8 Å². The van der Waals surface area contributed by atoms with Crippen molar-refractivity contribution in [2.75, 3.05) is 7.05 Å². The summed E-state index contributed by atoms with van der Waals surface area (Å²) >= 11 is 0. The van der Waals surface area contributed by atoms with Gasteiger partial charge >= 0.3 is 0 Å². The summed E-state index contributed by atoms with van der Waals surface area (Å²) in [7, 11) is 1.92. The van der Waals surface area contributed by atoms with Gasteiger partial charge in [0.2, 0.25) is 0 Å². The number of hydrogen-bond acceptors (Lipinski definition) is 4. The Labute approximate surface area is 118 Å². The van der Waals surface area contributed by atoms with E-state index in [9.17, 15) is 5.26 Å². The van der Waals surface area contributed by atoms with Gasteiger partial charge in [0.25, 0.3) is 0 Å². The third kappa shape index (κ3) is 2.40. The Morgan fingerprint density at radius 2 is 2.15 bits per heavy atom. The van der Waals surface area contributed by atoms with Crippen LogP contribution in [0.1, 0.15) is 36.3 Å². The Morgan fingerprint density at radius 3 is 2.75 bits per heavy atom. The van der Waals surface area contributed by atoms with E-state index >= 15 is 0 Å². The van der Waals surface area contributed by atoms with Crippen LogP contribution in [0.3, 0.4) is 0 Å². The zero-order valence-electron chi connectivity index (χ0n) is 11.5. The maximum Gasteiger partial charge on any atom is 0.177 e. The predicted molar refractivity (Wildman–Crippen MR) is 75.1 cm³/mol. The Kier molecular flexibility index (Phi) is 4.14. The molecular formula is C15H15N5. The number of imidazole rings is 1. The topological polar surface area (TPSA) is 77.4 Å². The minimum atomic E-state index is 0.151. The van der Waals surface area contributed by atoms with Gasteiger partial charge in [-0.2, -0.15) is 10.5 Å². The molecule has 1 N–H and O–H groups in total. The summed E-state index contributed by atoms with van der Waals surface area (Å²) in [5.74, 6) is 0. The van der Waals surface area contributed by atoms with Crippen molar-refractivity contribution >= 4 is 0 Å². The second-order valence-corrected chi connectivity index (χ2v) is 4.38. The third-order valence-electron chi connectivity index (χ3n) is 3.29. The van der Waals surface area contributed by atoms with Crippen molar-refractivity contribution in [3.63, 3.8) is 0 Å². The fraction of sp³-hybridized carbons (Fsp3) is 0.267. The van der Waals surface area contributed by atoms with Crippen LogP contribution in [0.4, 0.5) is 0 Å². The molecule has 5 heteroatoms. The molecule has 0 aliphatic heterocycles. The first-order chi connectivity index (χ1) is 9.74. The van der Waals surface area contributed by atoms with E-state index < -0.39 is 0 Å². The van der Waals surface area contributed by atoms with Crippen LogP contribution >= 0.6 is 0 Å². The lowest BCUT2D eigenvalue weighted by molar-refractivity contribution is 0.576. The van der Waals surface area contributed by atoms with E-state index in [2.05, 4.69) is 17.2 Å². The van der Waals surface area contributed by atoms with E-state index in [1.165, 1.54) is 6.33 Å². The van der Waals surface area contributed by atoms with Crippen LogP contribution in [0.25, 0.3) is 5.69 Å². The maximum atomic E-state index is 9.18. The van der Waals surface area contributed by atoms with Crippen molar-refractivity contribution in [1.29, 1.82) is 10.5 Å². The van der Waals surface area contributed by atoms with Gasteiger partial charge in [-0.1, -0.05) is 19.1 Å². The Bertz CT molecular complexity index is 683. The Morgan fingerprint density at radius 1 is 1.35 bits per heavy atom. The summed E-state index contributed by atoms with van der Waals surface area (Å²) in [6.07, 6.45) is 2.48. The van der Waals surface area contributed by atoms with Crippen LogP contribution < -0.4 is 5.32 Å². The SMILES string of the molecule is CCC(NC)c1cccc(-n2cnc(C#N)c2C#N)c1. The molecule has 2 rings (SSSR count). The summed E-state index contributed by atoms with van der Waals surface area (Å²) in [5, 5.41) is 21.4. The van der Waals surface area contributed by atoms with Crippen LogP contribution in [0, 0.1) is 22.7 Å². The molecule has 0 amide bonds. The highest BCUT2D eigenvalue weighted by molar-refractivity contribution is 5.45. The van der Waals surface area contributed by atoms with E-state index in [1.807, 2.05) is 43.5 Å². The molecule has 20 heavy (non-hydrogen) atoms. The van der Waals surface area contributed by atoms with E-state index in [-0.39, 0.29) is 17.4 Å². The normalized spacial score (nSPS) is 11.6. The van der Waals surface area contributed by atoms with E-state index in [0.29, 0.717) is 0 Å². The van der Waals surface area contributed by atoms with Crippen LogP contribution in [-0.4, -0.2) is 16.6 Å². The van der Waals surface area contributed by atoms with Gasteiger partial charge in [-0.3, -0.25) is 4.57 Å². The van der Waals surface area contributed by atoms with Gasteiger partial charge in [0.05, 0.1) is 0 Å². The summed E-state index contributed by atoms with van der Waals surface area (Å²) < 4.78 is 1.64. The number of benzene rings is 1. The molecule has 2 aromatic rings. The standard InChI is InChI=1S/C15H15N5/c1-3-13(18-2)11-5-4-6-12(7-11)20-10-19-14(8-16)15(20)9-17/h4-7,10,13,18H,3H2,1-2H3. The average molecular weight is 265 g/mol. The van der Waals surface area contributed by atoms with Gasteiger partial charge in [-0.05, 0) is 31.2 Å². The lowest BCUT2D eigenvalue weighted by Gasteiger charge is -2.15. The number of nitriles is 2. The molecule has 0 bridgehead atoms. The van der Waals surface area contributed by atoms with Gasteiger partial charge in [-0.25, -0.2) is 4.98 Å². The summed E-state index contributed by atoms with van der Waals surface area (Å²) in [6, 6.07) is 12.1. The van der Waals surface area contributed by atoms with Crippen LogP contribution in [0.2, 0.25) is 0 Å². The summed E-state index contributed by atoms with van der Waals surface area (Å²) in [6.45, 7) is 2.11. The smallest absolute Gasteiger partial charge is 0.177 e. The molecule has 0 radical (unpaired) electrons. The second-order valence-electron chi connectivity index (χ2n) is 4.38.